The van der Waals surface area contributed by atoms with Gasteiger partial charge in [0, 0.05) is 26.6 Å². The van der Waals surface area contributed by atoms with Crippen molar-refractivity contribution in [1.82, 2.24) is 20.1 Å². The zero-order chi connectivity index (χ0) is 17.8. The van der Waals surface area contributed by atoms with Gasteiger partial charge in [0.05, 0.1) is 28.3 Å². The summed E-state index contributed by atoms with van der Waals surface area (Å²) in [5, 5.41) is 3.86. The molecule has 2 amide bonds. The fourth-order valence-corrected chi connectivity index (χ4v) is 4.15. The van der Waals surface area contributed by atoms with Crippen LogP contribution in [0.2, 0.25) is 0 Å². The number of benzene rings is 1. The summed E-state index contributed by atoms with van der Waals surface area (Å²) < 4.78 is 1.22. The Morgan fingerprint density at radius 3 is 2.92 bits per heavy atom. The van der Waals surface area contributed by atoms with Gasteiger partial charge in [0.15, 0.2) is 0 Å². The third-order valence-electron chi connectivity index (χ3n) is 4.47. The van der Waals surface area contributed by atoms with Crippen molar-refractivity contribution in [1.29, 1.82) is 0 Å². The maximum atomic E-state index is 12.1. The molecule has 7 heteroatoms. The number of hydrogen-bond donors (Lipinski definition) is 1. The summed E-state index contributed by atoms with van der Waals surface area (Å²) in [6, 6.07) is 8.20. The molecule has 1 aromatic heterocycles. The Labute approximate surface area is 151 Å². The minimum Gasteiger partial charge on any atom is -0.347 e. The number of likely N-dealkylation sites (tertiary alicyclic amines) is 1. The Kier molecular flexibility index (Phi) is 5.65. The van der Waals surface area contributed by atoms with Gasteiger partial charge in [-0.25, -0.2) is 4.98 Å². The van der Waals surface area contributed by atoms with Crippen LogP contribution in [0, 0.1) is 0 Å². The van der Waals surface area contributed by atoms with E-state index in [1.807, 2.05) is 18.2 Å². The number of hydrogen-bond acceptors (Lipinski definition) is 5. The number of fused-ring (bicyclic) bond motifs is 1. The van der Waals surface area contributed by atoms with Crippen molar-refractivity contribution in [3.8, 4) is 0 Å². The largest absolute Gasteiger partial charge is 0.347 e. The van der Waals surface area contributed by atoms with Crippen LogP contribution in [-0.4, -0.2) is 66.9 Å². The lowest BCUT2D eigenvalue weighted by atomic mass is 9.99. The lowest BCUT2D eigenvalue weighted by Gasteiger charge is -2.31. The first-order chi connectivity index (χ1) is 12.0. The Bertz CT molecular complexity index is 725. The molecule has 1 aromatic carbocycles. The molecule has 2 aromatic rings. The van der Waals surface area contributed by atoms with Gasteiger partial charge in [-0.2, -0.15) is 0 Å². The summed E-state index contributed by atoms with van der Waals surface area (Å²) in [5.41, 5.74) is 1.06. The van der Waals surface area contributed by atoms with E-state index >= 15 is 0 Å². The number of nitrogens with one attached hydrogen (secondary N) is 1. The molecule has 0 spiro atoms. The number of amides is 2. The first-order valence-electron chi connectivity index (χ1n) is 8.57. The van der Waals surface area contributed by atoms with Gasteiger partial charge >= 0.3 is 0 Å². The van der Waals surface area contributed by atoms with Gasteiger partial charge in [-0.3, -0.25) is 14.5 Å². The van der Waals surface area contributed by atoms with Crippen LogP contribution in [-0.2, 0) is 9.59 Å². The molecule has 2 heterocycles. The van der Waals surface area contributed by atoms with E-state index in [2.05, 4.69) is 16.3 Å². The summed E-state index contributed by atoms with van der Waals surface area (Å²) in [6.45, 7) is 2.15. The zero-order valence-electron chi connectivity index (χ0n) is 14.7. The van der Waals surface area contributed by atoms with Gasteiger partial charge in [-0.1, -0.05) is 12.1 Å². The molecule has 1 N–H and O–H groups in total. The number of para-hydroxylation sites is 1. The Balaban J connectivity index is 1.55. The van der Waals surface area contributed by atoms with E-state index < -0.39 is 0 Å². The third-order valence-corrected chi connectivity index (χ3v) is 5.67. The van der Waals surface area contributed by atoms with Crippen LogP contribution in [0.5, 0.6) is 0 Å². The topological polar surface area (TPSA) is 65.5 Å². The van der Waals surface area contributed by atoms with E-state index in [0.717, 1.165) is 36.5 Å². The number of carbonyl (C=O) groups excluding carboxylic acids is 2. The van der Waals surface area contributed by atoms with Crippen molar-refractivity contribution in [3.63, 3.8) is 0 Å². The molecular formula is C18H24N4O2S. The molecule has 0 bridgehead atoms. The van der Waals surface area contributed by atoms with E-state index in [1.54, 1.807) is 25.4 Å². The average molecular weight is 360 g/mol. The third kappa shape index (κ3) is 4.55. The number of thiazole rings is 1. The SMILES string of the molecule is CN(C)C(=O)CNC(=O)CN1CCC[C@@H](c2nc3ccccc3s2)C1. The lowest BCUT2D eigenvalue weighted by Crippen LogP contribution is -2.44. The number of carbonyl (C=O) groups is 2. The fraction of sp³-hybridized carbons (Fsp3) is 0.500. The van der Waals surface area contributed by atoms with Crippen molar-refractivity contribution in [2.24, 2.45) is 0 Å². The summed E-state index contributed by atoms with van der Waals surface area (Å²) >= 11 is 1.75. The lowest BCUT2D eigenvalue weighted by molar-refractivity contribution is -0.131. The van der Waals surface area contributed by atoms with E-state index in [4.69, 9.17) is 4.98 Å². The molecule has 0 saturated carbocycles. The fourth-order valence-electron chi connectivity index (χ4n) is 3.06. The second-order valence-corrected chi connectivity index (χ2v) is 7.72. The molecule has 1 saturated heterocycles. The van der Waals surface area contributed by atoms with Crippen molar-refractivity contribution >= 4 is 33.4 Å². The maximum absolute atomic E-state index is 12.1. The molecule has 3 rings (SSSR count). The Morgan fingerprint density at radius 2 is 2.16 bits per heavy atom. The molecule has 25 heavy (non-hydrogen) atoms. The molecule has 0 radical (unpaired) electrons. The summed E-state index contributed by atoms with van der Waals surface area (Å²) in [7, 11) is 3.36. The summed E-state index contributed by atoms with van der Waals surface area (Å²) in [5.74, 6) is 0.182. The number of piperidine rings is 1. The van der Waals surface area contributed by atoms with Crippen LogP contribution in [0.25, 0.3) is 10.2 Å². The highest BCUT2D eigenvalue weighted by Gasteiger charge is 2.25. The van der Waals surface area contributed by atoms with Crippen molar-refractivity contribution in [2.45, 2.75) is 18.8 Å². The van der Waals surface area contributed by atoms with E-state index in [9.17, 15) is 9.59 Å². The van der Waals surface area contributed by atoms with E-state index in [1.165, 1.54) is 9.60 Å². The van der Waals surface area contributed by atoms with Gasteiger partial charge < -0.3 is 10.2 Å². The van der Waals surface area contributed by atoms with Crippen molar-refractivity contribution < 1.29 is 9.59 Å². The first kappa shape index (κ1) is 17.8. The standard InChI is InChI=1S/C18H24N4O2S/c1-21(2)17(24)10-19-16(23)12-22-9-5-6-13(11-22)18-20-14-7-3-4-8-15(14)25-18/h3-4,7-8,13H,5-6,9-12H2,1-2H3,(H,19,23)/t13-/m1/s1. The number of rotatable bonds is 5. The average Bonchev–Trinajstić information content (AvgIpc) is 3.04. The zero-order valence-corrected chi connectivity index (χ0v) is 15.5. The normalized spacial score (nSPS) is 18.2. The van der Waals surface area contributed by atoms with Crippen LogP contribution in [0.1, 0.15) is 23.8 Å². The molecule has 1 atom stereocenters. The molecule has 1 aliphatic rings. The molecule has 1 fully saturated rings. The Hall–Kier alpha value is -1.99. The highest BCUT2D eigenvalue weighted by Crippen LogP contribution is 2.32. The van der Waals surface area contributed by atoms with Crippen LogP contribution in [0.4, 0.5) is 0 Å². The van der Waals surface area contributed by atoms with Gasteiger partial charge in [0.1, 0.15) is 0 Å². The van der Waals surface area contributed by atoms with Gasteiger partial charge in [0.2, 0.25) is 11.8 Å². The van der Waals surface area contributed by atoms with Gasteiger partial charge in [-0.15, -0.1) is 11.3 Å². The highest BCUT2D eigenvalue weighted by atomic mass is 32.1. The summed E-state index contributed by atoms with van der Waals surface area (Å²) in [4.78, 5) is 32.0. The predicted octanol–water partition coefficient (Wildman–Crippen LogP) is 1.68. The number of aromatic nitrogens is 1. The number of nitrogens with zero attached hydrogens (tertiary/aromatic N) is 3. The molecule has 6 nitrogen and oxygen atoms in total. The quantitative estimate of drug-likeness (QED) is 0.881. The molecule has 134 valence electrons. The van der Waals surface area contributed by atoms with Crippen LogP contribution >= 0.6 is 11.3 Å². The van der Waals surface area contributed by atoms with E-state index in [0.29, 0.717) is 12.5 Å². The summed E-state index contributed by atoms with van der Waals surface area (Å²) in [6.07, 6.45) is 2.17. The molecule has 1 aliphatic heterocycles. The van der Waals surface area contributed by atoms with Crippen LogP contribution in [0.15, 0.2) is 24.3 Å². The monoisotopic (exact) mass is 360 g/mol. The number of likely N-dealkylation sites (N-methyl/N-ethyl adjacent to an activating group) is 1. The second kappa shape index (κ2) is 7.93. The first-order valence-corrected chi connectivity index (χ1v) is 9.39. The minimum absolute atomic E-state index is 0.0565. The molecule has 0 unspecified atom stereocenters. The van der Waals surface area contributed by atoms with Crippen molar-refractivity contribution in [3.05, 3.63) is 29.3 Å². The van der Waals surface area contributed by atoms with Gasteiger partial charge in [0.25, 0.3) is 0 Å². The predicted molar refractivity (Wildman–Crippen MR) is 99.7 cm³/mol. The maximum Gasteiger partial charge on any atom is 0.241 e. The van der Waals surface area contributed by atoms with Gasteiger partial charge in [-0.05, 0) is 31.5 Å². The van der Waals surface area contributed by atoms with Crippen molar-refractivity contribution in [2.75, 3.05) is 40.3 Å². The second-order valence-electron chi connectivity index (χ2n) is 6.66. The van der Waals surface area contributed by atoms with E-state index in [-0.39, 0.29) is 18.4 Å². The minimum atomic E-state index is -0.0978. The van der Waals surface area contributed by atoms with Crippen LogP contribution < -0.4 is 5.32 Å². The smallest absolute Gasteiger partial charge is 0.241 e. The molecule has 0 aliphatic carbocycles. The molecular weight excluding hydrogens is 336 g/mol. The highest BCUT2D eigenvalue weighted by molar-refractivity contribution is 7.18. The Morgan fingerprint density at radius 1 is 1.36 bits per heavy atom. The van der Waals surface area contributed by atoms with Crippen LogP contribution in [0.3, 0.4) is 0 Å².